The van der Waals surface area contributed by atoms with Crippen molar-refractivity contribution in [2.45, 2.75) is 20.3 Å². The zero-order valence-corrected chi connectivity index (χ0v) is 11.2. The average Bonchev–Trinajstić information content (AvgIpc) is 2.38. The van der Waals surface area contributed by atoms with Gasteiger partial charge in [0, 0.05) is 30.8 Å². The van der Waals surface area contributed by atoms with E-state index in [4.69, 9.17) is 0 Å². The summed E-state index contributed by atoms with van der Waals surface area (Å²) in [6.07, 6.45) is 1.04. The maximum Gasteiger partial charge on any atom is 0.270 e. The fourth-order valence-corrected chi connectivity index (χ4v) is 1.63. The van der Waals surface area contributed by atoms with Gasteiger partial charge in [-0.2, -0.15) is 0 Å². The molecule has 1 aromatic carbocycles. The molecule has 1 aromatic rings. The predicted octanol–water partition coefficient (Wildman–Crippen LogP) is 1.63. The molecule has 0 bridgehead atoms. The Kier molecular flexibility index (Phi) is 5.95. The number of rotatable bonds is 7. The highest BCUT2D eigenvalue weighted by Gasteiger charge is 2.13. The highest BCUT2D eigenvalue weighted by Crippen LogP contribution is 2.17. The van der Waals surface area contributed by atoms with Crippen LogP contribution in [0.3, 0.4) is 0 Å². The van der Waals surface area contributed by atoms with Crippen LogP contribution in [0.2, 0.25) is 0 Å². The van der Waals surface area contributed by atoms with Crippen LogP contribution in [0.15, 0.2) is 18.2 Å². The van der Waals surface area contributed by atoms with E-state index in [1.165, 1.54) is 12.1 Å². The van der Waals surface area contributed by atoms with Crippen LogP contribution in [0.25, 0.3) is 0 Å². The van der Waals surface area contributed by atoms with E-state index in [0.29, 0.717) is 18.7 Å². The van der Waals surface area contributed by atoms with E-state index in [9.17, 15) is 14.9 Å². The van der Waals surface area contributed by atoms with Gasteiger partial charge in [0.05, 0.1) is 4.92 Å². The van der Waals surface area contributed by atoms with Crippen molar-refractivity contribution in [3.8, 4) is 0 Å². The fourth-order valence-electron chi connectivity index (χ4n) is 1.63. The third-order valence-corrected chi connectivity index (χ3v) is 2.69. The third kappa shape index (κ3) is 4.67. The minimum Gasteiger partial charge on any atom is -0.351 e. The molecule has 0 saturated carbocycles. The molecule has 104 valence electrons. The summed E-state index contributed by atoms with van der Waals surface area (Å²) in [5, 5.41) is 16.6. The van der Waals surface area contributed by atoms with Crippen LogP contribution >= 0.6 is 0 Å². The first-order valence-corrected chi connectivity index (χ1v) is 6.30. The van der Waals surface area contributed by atoms with E-state index in [2.05, 4.69) is 17.6 Å². The Balaban J connectivity index is 2.61. The summed E-state index contributed by atoms with van der Waals surface area (Å²) in [6.45, 7) is 5.92. The van der Waals surface area contributed by atoms with Gasteiger partial charge in [-0.3, -0.25) is 14.9 Å². The van der Waals surface area contributed by atoms with E-state index in [1.807, 2.05) is 0 Å². The van der Waals surface area contributed by atoms with Crippen molar-refractivity contribution < 1.29 is 9.72 Å². The Morgan fingerprint density at radius 3 is 2.68 bits per heavy atom. The SMILES string of the molecule is CCCNCCNC(=O)c1cc([N+](=O)[O-])ccc1C. The van der Waals surface area contributed by atoms with Crippen LogP contribution < -0.4 is 10.6 Å². The van der Waals surface area contributed by atoms with Crippen LogP contribution in [0.1, 0.15) is 29.3 Å². The molecule has 6 heteroatoms. The zero-order valence-electron chi connectivity index (χ0n) is 11.2. The highest BCUT2D eigenvalue weighted by atomic mass is 16.6. The van der Waals surface area contributed by atoms with Gasteiger partial charge in [0.2, 0.25) is 0 Å². The van der Waals surface area contributed by atoms with Crippen molar-refractivity contribution in [1.82, 2.24) is 10.6 Å². The second kappa shape index (κ2) is 7.48. The predicted molar refractivity (Wildman–Crippen MR) is 73.3 cm³/mol. The second-order valence-electron chi connectivity index (χ2n) is 4.26. The van der Waals surface area contributed by atoms with Crippen molar-refractivity contribution in [2.24, 2.45) is 0 Å². The molecule has 0 heterocycles. The van der Waals surface area contributed by atoms with Crippen LogP contribution in [0.4, 0.5) is 5.69 Å². The van der Waals surface area contributed by atoms with Gasteiger partial charge in [0.15, 0.2) is 0 Å². The normalized spacial score (nSPS) is 10.2. The summed E-state index contributed by atoms with van der Waals surface area (Å²) >= 11 is 0. The summed E-state index contributed by atoms with van der Waals surface area (Å²) in [6, 6.07) is 4.29. The smallest absolute Gasteiger partial charge is 0.270 e. The highest BCUT2D eigenvalue weighted by molar-refractivity contribution is 5.96. The van der Waals surface area contributed by atoms with Crippen LogP contribution in [-0.4, -0.2) is 30.5 Å². The van der Waals surface area contributed by atoms with Gasteiger partial charge in [-0.15, -0.1) is 0 Å². The lowest BCUT2D eigenvalue weighted by Gasteiger charge is -2.08. The first-order valence-electron chi connectivity index (χ1n) is 6.30. The molecule has 0 atom stereocenters. The van der Waals surface area contributed by atoms with Gasteiger partial charge in [-0.1, -0.05) is 13.0 Å². The molecule has 0 unspecified atom stereocenters. The number of hydrogen-bond donors (Lipinski definition) is 2. The molecule has 19 heavy (non-hydrogen) atoms. The standard InChI is InChI=1S/C13H19N3O3/c1-3-6-14-7-8-15-13(17)12-9-11(16(18)19)5-4-10(12)2/h4-5,9,14H,3,6-8H2,1-2H3,(H,15,17). The Labute approximate surface area is 112 Å². The minimum atomic E-state index is -0.501. The number of non-ortho nitro benzene ring substituents is 1. The number of carbonyl (C=O) groups excluding carboxylic acids is 1. The maximum absolute atomic E-state index is 11.9. The average molecular weight is 265 g/mol. The van der Waals surface area contributed by atoms with Crippen molar-refractivity contribution in [3.63, 3.8) is 0 Å². The van der Waals surface area contributed by atoms with Crippen molar-refractivity contribution in [2.75, 3.05) is 19.6 Å². The molecule has 1 amide bonds. The number of carbonyl (C=O) groups is 1. The number of benzene rings is 1. The number of amides is 1. The molecule has 0 saturated heterocycles. The summed E-state index contributed by atoms with van der Waals surface area (Å²) in [4.78, 5) is 22.1. The topological polar surface area (TPSA) is 84.3 Å². The van der Waals surface area contributed by atoms with Crippen molar-refractivity contribution in [1.29, 1.82) is 0 Å². The number of nitro benzene ring substituents is 1. The first kappa shape index (κ1) is 15.1. The van der Waals surface area contributed by atoms with Gasteiger partial charge >= 0.3 is 0 Å². The number of nitro groups is 1. The van der Waals surface area contributed by atoms with Crippen LogP contribution in [0.5, 0.6) is 0 Å². The monoisotopic (exact) mass is 265 g/mol. The molecule has 0 radical (unpaired) electrons. The number of aryl methyl sites for hydroxylation is 1. The van der Waals surface area contributed by atoms with Gasteiger partial charge in [0.25, 0.3) is 11.6 Å². The lowest BCUT2D eigenvalue weighted by Crippen LogP contribution is -2.32. The first-order chi connectivity index (χ1) is 9.06. The Morgan fingerprint density at radius 1 is 1.32 bits per heavy atom. The summed E-state index contributed by atoms with van der Waals surface area (Å²) in [5.41, 5.74) is 1.01. The summed E-state index contributed by atoms with van der Waals surface area (Å²) in [7, 11) is 0. The van der Waals surface area contributed by atoms with Crippen LogP contribution in [-0.2, 0) is 0 Å². The van der Waals surface area contributed by atoms with Crippen molar-refractivity contribution >= 4 is 11.6 Å². The summed E-state index contributed by atoms with van der Waals surface area (Å²) in [5.74, 6) is -0.278. The third-order valence-electron chi connectivity index (χ3n) is 2.69. The largest absolute Gasteiger partial charge is 0.351 e. The molecule has 0 aliphatic carbocycles. The quantitative estimate of drug-likeness (QED) is 0.446. The molecule has 0 fully saturated rings. The van der Waals surface area contributed by atoms with E-state index in [-0.39, 0.29) is 11.6 Å². The molecular weight excluding hydrogens is 246 g/mol. The molecular formula is C13H19N3O3. The number of nitrogens with one attached hydrogen (secondary N) is 2. The van der Waals surface area contributed by atoms with Gasteiger partial charge in [-0.25, -0.2) is 0 Å². The molecule has 0 spiro atoms. The lowest BCUT2D eigenvalue weighted by atomic mass is 10.1. The fraction of sp³-hybridized carbons (Fsp3) is 0.462. The Morgan fingerprint density at radius 2 is 2.05 bits per heavy atom. The molecule has 0 aliphatic rings. The summed E-state index contributed by atoms with van der Waals surface area (Å²) < 4.78 is 0. The molecule has 0 aromatic heterocycles. The van der Waals surface area contributed by atoms with Crippen molar-refractivity contribution in [3.05, 3.63) is 39.4 Å². The van der Waals surface area contributed by atoms with Gasteiger partial charge in [0.1, 0.15) is 0 Å². The molecule has 6 nitrogen and oxygen atoms in total. The van der Waals surface area contributed by atoms with Gasteiger partial charge in [-0.05, 0) is 25.5 Å². The zero-order chi connectivity index (χ0) is 14.3. The van der Waals surface area contributed by atoms with Gasteiger partial charge < -0.3 is 10.6 Å². The minimum absolute atomic E-state index is 0.0696. The van der Waals surface area contributed by atoms with Crippen LogP contribution in [0, 0.1) is 17.0 Å². The van der Waals surface area contributed by atoms with E-state index in [0.717, 1.165) is 18.5 Å². The molecule has 1 rings (SSSR count). The van der Waals surface area contributed by atoms with E-state index < -0.39 is 4.92 Å². The van der Waals surface area contributed by atoms with E-state index >= 15 is 0 Å². The molecule has 2 N–H and O–H groups in total. The molecule has 0 aliphatic heterocycles. The number of hydrogen-bond acceptors (Lipinski definition) is 4. The second-order valence-corrected chi connectivity index (χ2v) is 4.26. The Hall–Kier alpha value is -1.95. The number of nitrogens with zero attached hydrogens (tertiary/aromatic N) is 1. The Bertz CT molecular complexity index is 460. The maximum atomic E-state index is 11.9. The van der Waals surface area contributed by atoms with E-state index in [1.54, 1.807) is 13.0 Å². The lowest BCUT2D eigenvalue weighted by molar-refractivity contribution is -0.384.